The molecule has 17 heavy (non-hydrogen) atoms. The maximum Gasteiger partial charge on any atom is 0.253 e. The fourth-order valence-corrected chi connectivity index (χ4v) is 2.19. The molecule has 1 aromatic heterocycles. The van der Waals surface area contributed by atoms with Crippen molar-refractivity contribution in [3.8, 4) is 0 Å². The van der Waals surface area contributed by atoms with Gasteiger partial charge in [0.25, 0.3) is 5.91 Å². The molecule has 1 saturated heterocycles. The molecule has 0 bridgehead atoms. The van der Waals surface area contributed by atoms with E-state index in [4.69, 9.17) is 0 Å². The zero-order valence-corrected chi connectivity index (χ0v) is 10.6. The number of nitrogens with one attached hydrogen (secondary N) is 2. The molecule has 92 valence electrons. The second kappa shape index (κ2) is 4.45. The minimum Gasteiger partial charge on any atom is -0.345 e. The Hall–Kier alpha value is -1.42. The Balaban J connectivity index is 2.14. The molecule has 1 aromatic rings. The van der Waals surface area contributed by atoms with Gasteiger partial charge in [-0.15, -0.1) is 0 Å². The Labute approximate surface area is 102 Å². The smallest absolute Gasteiger partial charge is 0.253 e. The van der Waals surface area contributed by atoms with E-state index in [1.54, 1.807) is 0 Å². The second-order valence-electron chi connectivity index (χ2n) is 5.03. The Bertz CT molecular complexity index is 436. The van der Waals surface area contributed by atoms with Crippen molar-refractivity contribution >= 4 is 5.91 Å². The van der Waals surface area contributed by atoms with E-state index < -0.39 is 0 Å². The predicted molar refractivity (Wildman–Crippen MR) is 67.1 cm³/mol. The van der Waals surface area contributed by atoms with Gasteiger partial charge in [0.2, 0.25) is 0 Å². The van der Waals surface area contributed by atoms with Crippen molar-refractivity contribution in [2.45, 2.75) is 32.7 Å². The molecule has 4 nitrogen and oxygen atoms in total. The third kappa shape index (κ3) is 2.64. The predicted octanol–water partition coefficient (Wildman–Crippen LogP) is 1.18. The van der Waals surface area contributed by atoms with Gasteiger partial charge in [-0.1, -0.05) is 0 Å². The number of aryl methyl sites for hydroxylation is 2. The molecule has 0 aromatic carbocycles. The number of amides is 1. The number of pyridine rings is 1. The molecule has 1 aliphatic rings. The zero-order chi connectivity index (χ0) is 12.5. The SMILES string of the molecule is Cc1ccc(C(=O)NC2(C)CCNC2)c(C)n1. The molecular weight excluding hydrogens is 214 g/mol. The van der Waals surface area contributed by atoms with Gasteiger partial charge in [0.1, 0.15) is 0 Å². The largest absolute Gasteiger partial charge is 0.345 e. The Morgan fingerprint density at radius 2 is 2.24 bits per heavy atom. The average Bonchev–Trinajstić information content (AvgIpc) is 2.64. The number of carbonyl (C=O) groups is 1. The number of hydrogen-bond donors (Lipinski definition) is 2. The van der Waals surface area contributed by atoms with Gasteiger partial charge in [-0.05, 0) is 45.9 Å². The molecule has 0 saturated carbocycles. The molecule has 2 N–H and O–H groups in total. The van der Waals surface area contributed by atoms with Gasteiger partial charge in [0.15, 0.2) is 0 Å². The lowest BCUT2D eigenvalue weighted by Crippen LogP contribution is -2.47. The van der Waals surface area contributed by atoms with Gasteiger partial charge in [-0.2, -0.15) is 0 Å². The third-order valence-electron chi connectivity index (χ3n) is 3.25. The molecule has 0 aliphatic carbocycles. The van der Waals surface area contributed by atoms with Crippen molar-refractivity contribution in [3.05, 3.63) is 29.1 Å². The highest BCUT2D eigenvalue weighted by atomic mass is 16.1. The summed E-state index contributed by atoms with van der Waals surface area (Å²) < 4.78 is 0. The van der Waals surface area contributed by atoms with E-state index in [2.05, 4.69) is 22.5 Å². The van der Waals surface area contributed by atoms with Crippen LogP contribution in [-0.4, -0.2) is 29.5 Å². The minimum absolute atomic E-state index is 0.0267. The molecule has 4 heteroatoms. The Kier molecular flexibility index (Phi) is 3.15. The summed E-state index contributed by atoms with van der Waals surface area (Å²) in [6.45, 7) is 7.66. The molecule has 1 unspecified atom stereocenters. The Morgan fingerprint density at radius 3 is 2.82 bits per heavy atom. The van der Waals surface area contributed by atoms with Crippen LogP contribution in [0, 0.1) is 13.8 Å². The zero-order valence-electron chi connectivity index (χ0n) is 10.6. The maximum atomic E-state index is 12.2. The van der Waals surface area contributed by atoms with Gasteiger partial charge in [0, 0.05) is 12.2 Å². The van der Waals surface area contributed by atoms with Gasteiger partial charge >= 0.3 is 0 Å². The summed E-state index contributed by atoms with van der Waals surface area (Å²) in [7, 11) is 0. The summed E-state index contributed by atoms with van der Waals surface area (Å²) in [4.78, 5) is 16.5. The van der Waals surface area contributed by atoms with Crippen LogP contribution in [0.3, 0.4) is 0 Å². The molecule has 0 spiro atoms. The van der Waals surface area contributed by atoms with Crippen LogP contribution >= 0.6 is 0 Å². The first-order chi connectivity index (χ1) is 8.00. The van der Waals surface area contributed by atoms with Gasteiger partial charge in [-0.3, -0.25) is 9.78 Å². The molecule has 2 rings (SSSR count). The molecule has 2 heterocycles. The van der Waals surface area contributed by atoms with Gasteiger partial charge in [0.05, 0.1) is 16.8 Å². The van der Waals surface area contributed by atoms with Crippen LogP contribution in [0.5, 0.6) is 0 Å². The van der Waals surface area contributed by atoms with E-state index in [0.717, 1.165) is 30.9 Å². The highest BCUT2D eigenvalue weighted by molar-refractivity contribution is 5.95. The van der Waals surface area contributed by atoms with E-state index in [0.29, 0.717) is 5.56 Å². The van der Waals surface area contributed by atoms with Crippen LogP contribution in [0.2, 0.25) is 0 Å². The number of aromatic nitrogens is 1. The van der Waals surface area contributed by atoms with Crippen LogP contribution in [0.4, 0.5) is 0 Å². The van der Waals surface area contributed by atoms with E-state index in [-0.39, 0.29) is 11.4 Å². The van der Waals surface area contributed by atoms with Crippen molar-refractivity contribution in [2.75, 3.05) is 13.1 Å². The third-order valence-corrected chi connectivity index (χ3v) is 3.25. The quantitative estimate of drug-likeness (QED) is 0.806. The van der Waals surface area contributed by atoms with Gasteiger partial charge in [-0.25, -0.2) is 0 Å². The monoisotopic (exact) mass is 233 g/mol. The summed E-state index contributed by atoms with van der Waals surface area (Å²) in [6, 6.07) is 3.72. The first-order valence-electron chi connectivity index (χ1n) is 5.98. The van der Waals surface area contributed by atoms with E-state index in [1.165, 1.54) is 0 Å². The number of rotatable bonds is 2. The first-order valence-corrected chi connectivity index (χ1v) is 5.98. The lowest BCUT2D eigenvalue weighted by molar-refractivity contribution is 0.0912. The van der Waals surface area contributed by atoms with E-state index >= 15 is 0 Å². The molecule has 1 amide bonds. The lowest BCUT2D eigenvalue weighted by atomic mass is 10.0. The summed E-state index contributed by atoms with van der Waals surface area (Å²) in [6.07, 6.45) is 0.969. The molecular formula is C13H19N3O. The summed E-state index contributed by atoms with van der Waals surface area (Å²) >= 11 is 0. The highest BCUT2D eigenvalue weighted by Gasteiger charge is 2.30. The second-order valence-corrected chi connectivity index (χ2v) is 5.03. The van der Waals surface area contributed by atoms with Crippen LogP contribution < -0.4 is 10.6 Å². The van der Waals surface area contributed by atoms with E-state index in [9.17, 15) is 4.79 Å². The average molecular weight is 233 g/mol. The summed E-state index contributed by atoms with van der Waals surface area (Å²) in [5.74, 6) is -0.0267. The first kappa shape index (κ1) is 12.0. The minimum atomic E-state index is -0.131. The molecule has 1 fully saturated rings. The molecule has 1 atom stereocenters. The number of nitrogens with zero attached hydrogens (tertiary/aromatic N) is 1. The van der Waals surface area contributed by atoms with Crippen molar-refractivity contribution in [3.63, 3.8) is 0 Å². The number of carbonyl (C=O) groups excluding carboxylic acids is 1. The van der Waals surface area contributed by atoms with Crippen molar-refractivity contribution in [1.29, 1.82) is 0 Å². The normalized spacial score (nSPS) is 23.7. The van der Waals surface area contributed by atoms with Crippen LogP contribution in [-0.2, 0) is 0 Å². The highest BCUT2D eigenvalue weighted by Crippen LogP contribution is 2.15. The summed E-state index contributed by atoms with van der Waals surface area (Å²) in [5, 5.41) is 6.35. The fourth-order valence-electron chi connectivity index (χ4n) is 2.19. The standard InChI is InChI=1S/C13H19N3O/c1-9-4-5-11(10(2)15-9)12(17)16-13(3)6-7-14-8-13/h4-5,14H,6-8H2,1-3H3,(H,16,17). The number of hydrogen-bond acceptors (Lipinski definition) is 3. The Morgan fingerprint density at radius 1 is 1.47 bits per heavy atom. The van der Waals surface area contributed by atoms with Crippen LogP contribution in [0.15, 0.2) is 12.1 Å². The fraction of sp³-hybridized carbons (Fsp3) is 0.538. The van der Waals surface area contributed by atoms with Crippen molar-refractivity contribution < 1.29 is 4.79 Å². The topological polar surface area (TPSA) is 54.0 Å². The van der Waals surface area contributed by atoms with Gasteiger partial charge < -0.3 is 10.6 Å². The summed E-state index contributed by atoms with van der Waals surface area (Å²) in [5.41, 5.74) is 2.27. The van der Waals surface area contributed by atoms with Crippen molar-refractivity contribution in [2.24, 2.45) is 0 Å². The van der Waals surface area contributed by atoms with Crippen LogP contribution in [0.25, 0.3) is 0 Å². The van der Waals surface area contributed by atoms with E-state index in [1.807, 2.05) is 26.0 Å². The maximum absolute atomic E-state index is 12.2. The van der Waals surface area contributed by atoms with Crippen molar-refractivity contribution in [1.82, 2.24) is 15.6 Å². The molecule has 1 aliphatic heterocycles. The lowest BCUT2D eigenvalue weighted by Gasteiger charge is -2.24. The van der Waals surface area contributed by atoms with Crippen LogP contribution in [0.1, 0.15) is 35.1 Å². The molecule has 0 radical (unpaired) electrons.